The van der Waals surface area contributed by atoms with Crippen molar-refractivity contribution in [3.8, 4) is 0 Å². The van der Waals surface area contributed by atoms with Crippen LogP contribution in [0.4, 0.5) is 0 Å². The third-order valence-corrected chi connectivity index (χ3v) is 4.86. The zero-order valence-electron chi connectivity index (χ0n) is 9.04. The fourth-order valence-electron chi connectivity index (χ4n) is 3.60. The van der Waals surface area contributed by atoms with Crippen molar-refractivity contribution < 1.29 is 0 Å². The highest BCUT2D eigenvalue weighted by Gasteiger charge is 2.53. The van der Waals surface area contributed by atoms with Crippen molar-refractivity contribution in [1.29, 1.82) is 0 Å². The maximum absolute atomic E-state index is 6.02. The Labute approximate surface area is 86.8 Å². The fourth-order valence-corrected chi connectivity index (χ4v) is 3.60. The first kappa shape index (κ1) is 9.17. The fraction of sp³-hybridized carbons (Fsp3) is 1.00. The van der Waals surface area contributed by atoms with Crippen molar-refractivity contribution in [2.24, 2.45) is 11.1 Å². The maximum Gasteiger partial charge on any atom is 0.0102 e. The molecule has 3 aliphatic rings. The minimum atomic E-state index is 0.557. The molecule has 1 heterocycles. The molecule has 0 aromatic heterocycles. The molecule has 0 bridgehead atoms. The summed E-state index contributed by atoms with van der Waals surface area (Å²) in [5.41, 5.74) is 6.64. The largest absolute Gasteiger partial charge is 0.327 e. The van der Waals surface area contributed by atoms with E-state index in [1.54, 1.807) is 0 Å². The molecule has 2 N–H and O–H groups in total. The van der Waals surface area contributed by atoms with Crippen molar-refractivity contribution in [2.45, 2.75) is 57.0 Å². The highest BCUT2D eigenvalue weighted by Crippen LogP contribution is 2.55. The zero-order valence-corrected chi connectivity index (χ0v) is 9.04. The van der Waals surface area contributed by atoms with Gasteiger partial charge in [0.15, 0.2) is 0 Å². The van der Waals surface area contributed by atoms with Gasteiger partial charge in [-0.1, -0.05) is 0 Å². The molecule has 0 amide bonds. The van der Waals surface area contributed by atoms with Gasteiger partial charge >= 0.3 is 0 Å². The van der Waals surface area contributed by atoms with Crippen LogP contribution in [-0.4, -0.2) is 30.1 Å². The van der Waals surface area contributed by atoms with Gasteiger partial charge in [-0.25, -0.2) is 0 Å². The Morgan fingerprint density at radius 1 is 1.07 bits per heavy atom. The predicted molar refractivity (Wildman–Crippen MR) is 58.1 cm³/mol. The Balaban J connectivity index is 1.55. The van der Waals surface area contributed by atoms with Crippen molar-refractivity contribution in [3.63, 3.8) is 0 Å². The van der Waals surface area contributed by atoms with Crippen LogP contribution < -0.4 is 5.73 Å². The number of rotatable bonds is 1. The van der Waals surface area contributed by atoms with Gasteiger partial charge in [0.25, 0.3) is 0 Å². The smallest absolute Gasteiger partial charge is 0.0102 e. The van der Waals surface area contributed by atoms with Crippen LogP contribution in [0.1, 0.15) is 44.9 Å². The molecule has 80 valence electrons. The van der Waals surface area contributed by atoms with E-state index in [1.807, 2.05) is 0 Å². The van der Waals surface area contributed by atoms with Gasteiger partial charge in [-0.3, -0.25) is 0 Å². The molecule has 0 aromatic carbocycles. The number of nitrogens with zero attached hydrogens (tertiary/aromatic N) is 1. The molecule has 1 spiro atoms. The predicted octanol–water partition coefficient (Wildman–Crippen LogP) is 1.74. The van der Waals surface area contributed by atoms with E-state index >= 15 is 0 Å². The lowest BCUT2D eigenvalue weighted by Gasteiger charge is -2.35. The topological polar surface area (TPSA) is 29.3 Å². The molecule has 0 radical (unpaired) electrons. The average molecular weight is 194 g/mol. The van der Waals surface area contributed by atoms with Gasteiger partial charge in [0.05, 0.1) is 0 Å². The standard InChI is InChI=1S/C12H22N2/c13-11-9-12(11)5-3-10(4-6-12)14-7-1-2-8-14/h10-11H,1-9,13H2. The molecule has 14 heavy (non-hydrogen) atoms. The summed E-state index contributed by atoms with van der Waals surface area (Å²) in [5.74, 6) is 0. The van der Waals surface area contributed by atoms with Crippen LogP contribution in [0.3, 0.4) is 0 Å². The number of hydrogen-bond donors (Lipinski definition) is 1. The summed E-state index contributed by atoms with van der Waals surface area (Å²) in [5, 5.41) is 0. The van der Waals surface area contributed by atoms with Gasteiger partial charge in [0.1, 0.15) is 0 Å². The third kappa shape index (κ3) is 1.40. The first-order valence-electron chi connectivity index (χ1n) is 6.30. The summed E-state index contributed by atoms with van der Waals surface area (Å²) in [6.45, 7) is 2.73. The Morgan fingerprint density at radius 3 is 2.14 bits per heavy atom. The van der Waals surface area contributed by atoms with E-state index in [2.05, 4.69) is 4.90 Å². The van der Waals surface area contributed by atoms with Crippen molar-refractivity contribution in [2.75, 3.05) is 13.1 Å². The molecule has 2 heteroatoms. The van der Waals surface area contributed by atoms with E-state index < -0.39 is 0 Å². The molecule has 0 aromatic rings. The van der Waals surface area contributed by atoms with Gasteiger partial charge in [-0.05, 0) is 63.5 Å². The molecule has 1 aliphatic heterocycles. The third-order valence-electron chi connectivity index (χ3n) is 4.86. The normalized spacial score (nSPS) is 48.6. The average Bonchev–Trinajstić information content (AvgIpc) is 2.70. The highest BCUT2D eigenvalue weighted by molar-refractivity contribution is 5.08. The second-order valence-electron chi connectivity index (χ2n) is 5.65. The number of likely N-dealkylation sites (tertiary alicyclic amines) is 1. The number of hydrogen-bond acceptors (Lipinski definition) is 2. The summed E-state index contributed by atoms with van der Waals surface area (Å²) in [6.07, 6.45) is 9.86. The van der Waals surface area contributed by atoms with Gasteiger partial charge < -0.3 is 10.6 Å². The first-order valence-corrected chi connectivity index (χ1v) is 6.30. The Bertz CT molecular complexity index is 212. The SMILES string of the molecule is NC1CC12CCC(N1CCCC1)CC2. The molecule has 1 atom stereocenters. The van der Waals surface area contributed by atoms with Crippen LogP contribution >= 0.6 is 0 Å². The first-order chi connectivity index (χ1) is 6.80. The Hall–Kier alpha value is -0.0800. The minimum absolute atomic E-state index is 0.557. The van der Waals surface area contributed by atoms with Crippen LogP contribution in [0.2, 0.25) is 0 Å². The van der Waals surface area contributed by atoms with Gasteiger partial charge in [0.2, 0.25) is 0 Å². The van der Waals surface area contributed by atoms with E-state index in [-0.39, 0.29) is 0 Å². The van der Waals surface area contributed by atoms with E-state index in [4.69, 9.17) is 5.73 Å². The molecule has 1 unspecified atom stereocenters. The van der Waals surface area contributed by atoms with Crippen LogP contribution in [0.5, 0.6) is 0 Å². The molecule has 1 saturated heterocycles. The second kappa shape index (κ2) is 3.21. The summed E-state index contributed by atoms with van der Waals surface area (Å²) < 4.78 is 0. The van der Waals surface area contributed by atoms with Gasteiger partial charge in [0, 0.05) is 12.1 Å². The van der Waals surface area contributed by atoms with Gasteiger partial charge in [-0.15, -0.1) is 0 Å². The second-order valence-corrected chi connectivity index (χ2v) is 5.65. The van der Waals surface area contributed by atoms with Crippen molar-refractivity contribution in [1.82, 2.24) is 4.90 Å². The van der Waals surface area contributed by atoms with E-state index in [0.29, 0.717) is 11.5 Å². The lowest BCUT2D eigenvalue weighted by molar-refractivity contribution is 0.154. The van der Waals surface area contributed by atoms with Crippen LogP contribution in [-0.2, 0) is 0 Å². The molecule has 2 saturated carbocycles. The van der Waals surface area contributed by atoms with Crippen LogP contribution in [0, 0.1) is 5.41 Å². The molecule has 3 fully saturated rings. The quantitative estimate of drug-likeness (QED) is 0.689. The summed E-state index contributed by atoms with van der Waals surface area (Å²) in [7, 11) is 0. The molecular weight excluding hydrogens is 172 g/mol. The lowest BCUT2D eigenvalue weighted by atomic mass is 9.82. The monoisotopic (exact) mass is 194 g/mol. The van der Waals surface area contributed by atoms with Crippen molar-refractivity contribution >= 4 is 0 Å². The Morgan fingerprint density at radius 2 is 1.64 bits per heavy atom. The Kier molecular flexibility index (Phi) is 2.10. The van der Waals surface area contributed by atoms with E-state index in [9.17, 15) is 0 Å². The summed E-state index contributed by atoms with van der Waals surface area (Å²) in [6, 6.07) is 1.47. The van der Waals surface area contributed by atoms with Gasteiger partial charge in [-0.2, -0.15) is 0 Å². The van der Waals surface area contributed by atoms with Crippen LogP contribution in [0.15, 0.2) is 0 Å². The zero-order chi connectivity index (χ0) is 9.60. The number of nitrogens with two attached hydrogens (primary N) is 1. The molecule has 2 nitrogen and oxygen atoms in total. The maximum atomic E-state index is 6.02. The summed E-state index contributed by atoms with van der Waals surface area (Å²) >= 11 is 0. The van der Waals surface area contributed by atoms with Crippen LogP contribution in [0.25, 0.3) is 0 Å². The summed E-state index contributed by atoms with van der Waals surface area (Å²) in [4.78, 5) is 2.72. The molecule has 2 aliphatic carbocycles. The molecule has 3 rings (SSSR count). The van der Waals surface area contributed by atoms with E-state index in [1.165, 1.54) is 58.0 Å². The minimum Gasteiger partial charge on any atom is -0.327 e. The highest BCUT2D eigenvalue weighted by atomic mass is 15.2. The van der Waals surface area contributed by atoms with Crippen molar-refractivity contribution in [3.05, 3.63) is 0 Å². The molecular formula is C12H22N2. The van der Waals surface area contributed by atoms with E-state index in [0.717, 1.165) is 6.04 Å². The lowest BCUT2D eigenvalue weighted by Crippen LogP contribution is -2.37.